The normalized spacial score (nSPS) is 15.2. The van der Waals surface area contributed by atoms with Crippen LogP contribution in [0.15, 0.2) is 11.6 Å². The highest BCUT2D eigenvalue weighted by Crippen LogP contribution is 2.16. The van der Waals surface area contributed by atoms with Crippen LogP contribution in [0.3, 0.4) is 0 Å². The minimum atomic E-state index is -0.170. The first-order valence-corrected chi connectivity index (χ1v) is 5.50. The summed E-state index contributed by atoms with van der Waals surface area (Å²) in [5.74, 6) is 6.07. The van der Waals surface area contributed by atoms with Gasteiger partial charge >= 0.3 is 0 Å². The molecule has 0 saturated heterocycles. The van der Waals surface area contributed by atoms with Crippen molar-refractivity contribution in [3.05, 3.63) is 11.6 Å². The first-order valence-electron chi connectivity index (χ1n) is 5.50. The minimum Gasteiger partial charge on any atom is -0.392 e. The fourth-order valence-corrected chi connectivity index (χ4v) is 1.39. The predicted molar refractivity (Wildman–Crippen MR) is 64.8 cm³/mol. The lowest BCUT2D eigenvalue weighted by atomic mass is 9.97. The Labute approximate surface area is 98.4 Å². The van der Waals surface area contributed by atoms with Crippen LogP contribution in [0.25, 0.3) is 0 Å². The third-order valence-electron chi connectivity index (χ3n) is 2.26. The maximum atomic E-state index is 9.00. The summed E-state index contributed by atoms with van der Waals surface area (Å²) in [4.78, 5) is 0. The van der Waals surface area contributed by atoms with Crippen LogP contribution in [0, 0.1) is 17.8 Å². The second kappa shape index (κ2) is 9.41. The van der Waals surface area contributed by atoms with E-state index in [0.29, 0.717) is 0 Å². The molecule has 2 atom stereocenters. The summed E-state index contributed by atoms with van der Waals surface area (Å²) in [6, 6.07) is 0. The van der Waals surface area contributed by atoms with Crippen LogP contribution in [-0.2, 0) is 9.47 Å². The SMILES string of the molecule is CC#C[C@H](OCOC)[C@H](/C=C(\C)CO)CC. The zero-order chi connectivity index (χ0) is 12.4. The average Bonchev–Trinajstić information content (AvgIpc) is 2.31. The molecule has 92 valence electrons. The Morgan fingerprint density at radius 1 is 1.50 bits per heavy atom. The van der Waals surface area contributed by atoms with Gasteiger partial charge in [0.05, 0.1) is 6.61 Å². The van der Waals surface area contributed by atoms with E-state index < -0.39 is 0 Å². The standard InChI is InChI=1S/C13H22O3/c1-5-7-13(16-10-15-4)12(6-2)8-11(3)9-14/h8,12-14H,6,9-10H2,1-4H3/b11-8+/t12-,13-/m0/s1. The number of ether oxygens (including phenoxy) is 2. The third kappa shape index (κ3) is 5.92. The van der Waals surface area contributed by atoms with Crippen molar-refractivity contribution >= 4 is 0 Å². The molecule has 16 heavy (non-hydrogen) atoms. The van der Waals surface area contributed by atoms with E-state index in [2.05, 4.69) is 18.8 Å². The van der Waals surface area contributed by atoms with E-state index in [0.717, 1.165) is 12.0 Å². The Morgan fingerprint density at radius 2 is 2.19 bits per heavy atom. The maximum Gasteiger partial charge on any atom is 0.148 e. The molecule has 0 spiro atoms. The number of aliphatic hydroxyl groups excluding tert-OH is 1. The second-order valence-electron chi connectivity index (χ2n) is 3.63. The van der Waals surface area contributed by atoms with Crippen molar-refractivity contribution in [2.24, 2.45) is 5.92 Å². The van der Waals surface area contributed by atoms with E-state index in [1.165, 1.54) is 0 Å². The zero-order valence-corrected chi connectivity index (χ0v) is 10.6. The van der Waals surface area contributed by atoms with Crippen LogP contribution in [0.1, 0.15) is 27.2 Å². The molecular formula is C13H22O3. The van der Waals surface area contributed by atoms with Gasteiger partial charge in [0.1, 0.15) is 12.9 Å². The molecule has 0 heterocycles. The van der Waals surface area contributed by atoms with Gasteiger partial charge in [0.2, 0.25) is 0 Å². The number of aliphatic hydroxyl groups is 1. The molecule has 3 heteroatoms. The molecule has 0 aromatic rings. The molecule has 1 N–H and O–H groups in total. The van der Waals surface area contributed by atoms with E-state index in [1.54, 1.807) is 14.0 Å². The van der Waals surface area contributed by atoms with Crippen molar-refractivity contribution in [3.63, 3.8) is 0 Å². The Bertz CT molecular complexity index is 260. The lowest BCUT2D eigenvalue weighted by molar-refractivity contribution is -0.0642. The average molecular weight is 226 g/mol. The quantitative estimate of drug-likeness (QED) is 0.410. The third-order valence-corrected chi connectivity index (χ3v) is 2.26. The largest absolute Gasteiger partial charge is 0.392 e. The fraction of sp³-hybridized carbons (Fsp3) is 0.692. The highest BCUT2D eigenvalue weighted by Gasteiger charge is 2.16. The number of hydrogen-bond acceptors (Lipinski definition) is 3. The smallest absolute Gasteiger partial charge is 0.148 e. The van der Waals surface area contributed by atoms with Crippen molar-refractivity contribution in [1.82, 2.24) is 0 Å². The molecule has 0 aliphatic rings. The molecule has 0 aromatic carbocycles. The van der Waals surface area contributed by atoms with E-state index in [1.807, 2.05) is 13.0 Å². The minimum absolute atomic E-state index is 0.0764. The maximum absolute atomic E-state index is 9.00. The molecule has 0 bridgehead atoms. The van der Waals surface area contributed by atoms with Gasteiger partial charge in [-0.1, -0.05) is 24.5 Å². The second-order valence-corrected chi connectivity index (χ2v) is 3.63. The van der Waals surface area contributed by atoms with Crippen LogP contribution >= 0.6 is 0 Å². The first kappa shape index (κ1) is 15.2. The first-order chi connectivity index (χ1) is 7.69. The number of rotatable bonds is 7. The molecule has 0 radical (unpaired) electrons. The van der Waals surface area contributed by atoms with Crippen molar-refractivity contribution < 1.29 is 14.6 Å². The van der Waals surface area contributed by atoms with E-state index in [-0.39, 0.29) is 25.4 Å². The molecular weight excluding hydrogens is 204 g/mol. The Balaban J connectivity index is 4.61. The van der Waals surface area contributed by atoms with E-state index >= 15 is 0 Å². The molecule has 0 rings (SSSR count). The lowest BCUT2D eigenvalue weighted by Gasteiger charge is -2.19. The Kier molecular flexibility index (Phi) is 8.93. The monoisotopic (exact) mass is 226 g/mol. The van der Waals surface area contributed by atoms with Crippen molar-refractivity contribution in [1.29, 1.82) is 0 Å². The van der Waals surface area contributed by atoms with Gasteiger partial charge in [0, 0.05) is 13.0 Å². The zero-order valence-electron chi connectivity index (χ0n) is 10.6. The summed E-state index contributed by atoms with van der Waals surface area (Å²) in [5, 5.41) is 9.00. The lowest BCUT2D eigenvalue weighted by Crippen LogP contribution is -2.22. The summed E-state index contributed by atoms with van der Waals surface area (Å²) >= 11 is 0. The van der Waals surface area contributed by atoms with Gasteiger partial charge in [-0.3, -0.25) is 0 Å². The van der Waals surface area contributed by atoms with Crippen molar-refractivity contribution in [2.45, 2.75) is 33.3 Å². The van der Waals surface area contributed by atoms with Gasteiger partial charge in [-0.05, 0) is 20.3 Å². The Morgan fingerprint density at radius 3 is 2.62 bits per heavy atom. The molecule has 0 unspecified atom stereocenters. The van der Waals surface area contributed by atoms with Crippen LogP contribution in [-0.4, -0.2) is 31.7 Å². The summed E-state index contributed by atoms with van der Waals surface area (Å²) in [6.07, 6.45) is 2.77. The Hall–Kier alpha value is -0.820. The van der Waals surface area contributed by atoms with Crippen molar-refractivity contribution in [2.75, 3.05) is 20.5 Å². The summed E-state index contributed by atoms with van der Waals surface area (Å²) in [6.45, 7) is 6.08. The van der Waals surface area contributed by atoms with Gasteiger partial charge in [-0.25, -0.2) is 0 Å². The molecule has 0 aliphatic carbocycles. The summed E-state index contributed by atoms with van der Waals surface area (Å²) in [7, 11) is 1.59. The predicted octanol–water partition coefficient (Wildman–Crippen LogP) is 1.96. The van der Waals surface area contributed by atoms with Crippen LogP contribution in [0.2, 0.25) is 0 Å². The van der Waals surface area contributed by atoms with Gasteiger partial charge < -0.3 is 14.6 Å². The molecule has 0 amide bonds. The van der Waals surface area contributed by atoms with Gasteiger partial charge in [0.15, 0.2) is 0 Å². The van der Waals surface area contributed by atoms with Gasteiger partial charge in [-0.15, -0.1) is 5.92 Å². The molecule has 0 aliphatic heterocycles. The van der Waals surface area contributed by atoms with Crippen LogP contribution in [0.4, 0.5) is 0 Å². The van der Waals surface area contributed by atoms with Crippen molar-refractivity contribution in [3.8, 4) is 11.8 Å². The topological polar surface area (TPSA) is 38.7 Å². The highest BCUT2D eigenvalue weighted by molar-refractivity contribution is 5.12. The molecule has 0 aromatic heterocycles. The summed E-state index contributed by atoms with van der Waals surface area (Å²) in [5.41, 5.74) is 0.941. The van der Waals surface area contributed by atoms with Gasteiger partial charge in [0.25, 0.3) is 0 Å². The van der Waals surface area contributed by atoms with Gasteiger partial charge in [-0.2, -0.15) is 0 Å². The fourth-order valence-electron chi connectivity index (χ4n) is 1.39. The summed E-state index contributed by atoms with van der Waals surface area (Å²) < 4.78 is 10.4. The number of hydrogen-bond donors (Lipinski definition) is 1. The molecule has 0 saturated carbocycles. The van der Waals surface area contributed by atoms with Crippen LogP contribution < -0.4 is 0 Å². The van der Waals surface area contributed by atoms with E-state index in [9.17, 15) is 0 Å². The van der Waals surface area contributed by atoms with Crippen LogP contribution in [0.5, 0.6) is 0 Å². The highest BCUT2D eigenvalue weighted by atomic mass is 16.7. The molecule has 0 fully saturated rings. The van der Waals surface area contributed by atoms with E-state index in [4.69, 9.17) is 14.6 Å². The number of methoxy groups -OCH3 is 1. The molecule has 3 nitrogen and oxygen atoms in total.